The van der Waals surface area contributed by atoms with Crippen LogP contribution in [0.3, 0.4) is 0 Å². The van der Waals surface area contributed by atoms with Gasteiger partial charge in [-0.15, -0.1) is 0 Å². The van der Waals surface area contributed by atoms with Gasteiger partial charge in [0.05, 0.1) is 5.92 Å². The van der Waals surface area contributed by atoms with Crippen LogP contribution in [0.15, 0.2) is 36.0 Å². The van der Waals surface area contributed by atoms with Crippen LogP contribution < -0.4 is 0 Å². The predicted molar refractivity (Wildman–Crippen MR) is 79.4 cm³/mol. The summed E-state index contributed by atoms with van der Waals surface area (Å²) in [6, 6.07) is 0. The zero-order chi connectivity index (χ0) is 15.6. The first kappa shape index (κ1) is 15.5. The second kappa shape index (κ2) is 6.29. The second-order valence-electron chi connectivity index (χ2n) is 5.89. The molecular weight excluding hydrogens is 268 g/mol. The van der Waals surface area contributed by atoms with Crippen LogP contribution >= 0.6 is 0 Å². The van der Waals surface area contributed by atoms with Gasteiger partial charge in [0.25, 0.3) is 0 Å². The van der Waals surface area contributed by atoms with Crippen molar-refractivity contribution < 1.29 is 19.1 Å². The first-order valence-corrected chi connectivity index (χ1v) is 7.29. The Morgan fingerprint density at radius 3 is 2.76 bits per heavy atom. The molecule has 2 rings (SSSR count). The SMILES string of the molecule is C=C1CCC/C(C)=C/[C@@H](OC(C)=O)[C@@H]2C(=C)C(=O)O[C@H]2C1. The van der Waals surface area contributed by atoms with E-state index >= 15 is 0 Å². The van der Waals surface area contributed by atoms with E-state index in [4.69, 9.17) is 9.47 Å². The van der Waals surface area contributed by atoms with Crippen molar-refractivity contribution in [2.24, 2.45) is 5.92 Å². The van der Waals surface area contributed by atoms with Crippen molar-refractivity contribution in [1.29, 1.82) is 0 Å². The van der Waals surface area contributed by atoms with Gasteiger partial charge in [0.2, 0.25) is 0 Å². The Kier molecular flexibility index (Phi) is 4.66. The minimum atomic E-state index is -0.502. The molecule has 0 aromatic carbocycles. The third kappa shape index (κ3) is 3.63. The average Bonchev–Trinajstić information content (AvgIpc) is 2.62. The first-order valence-electron chi connectivity index (χ1n) is 7.29. The quantitative estimate of drug-likeness (QED) is 0.423. The molecule has 2 aliphatic rings. The summed E-state index contributed by atoms with van der Waals surface area (Å²) in [5.41, 5.74) is 2.58. The summed E-state index contributed by atoms with van der Waals surface area (Å²) < 4.78 is 10.8. The van der Waals surface area contributed by atoms with E-state index in [0.717, 1.165) is 30.4 Å². The predicted octanol–water partition coefficient (Wildman–Crippen LogP) is 3.09. The van der Waals surface area contributed by atoms with Crippen LogP contribution in [0, 0.1) is 5.92 Å². The Labute approximate surface area is 125 Å². The molecule has 4 nitrogen and oxygen atoms in total. The van der Waals surface area contributed by atoms with E-state index in [1.165, 1.54) is 6.92 Å². The van der Waals surface area contributed by atoms with E-state index in [1.807, 2.05) is 13.0 Å². The third-order valence-electron chi connectivity index (χ3n) is 4.02. The molecule has 1 fully saturated rings. The maximum Gasteiger partial charge on any atom is 0.334 e. The van der Waals surface area contributed by atoms with E-state index in [9.17, 15) is 9.59 Å². The molecule has 0 spiro atoms. The largest absolute Gasteiger partial charge is 0.458 e. The van der Waals surface area contributed by atoms with E-state index in [-0.39, 0.29) is 18.0 Å². The maximum atomic E-state index is 11.8. The fourth-order valence-electron chi connectivity index (χ4n) is 3.00. The van der Waals surface area contributed by atoms with Gasteiger partial charge < -0.3 is 9.47 Å². The van der Waals surface area contributed by atoms with E-state index in [2.05, 4.69) is 13.2 Å². The Morgan fingerprint density at radius 1 is 1.38 bits per heavy atom. The highest BCUT2D eigenvalue weighted by Crippen LogP contribution is 2.37. The fraction of sp³-hybridized carbons (Fsp3) is 0.529. The van der Waals surface area contributed by atoms with Gasteiger partial charge in [-0.1, -0.05) is 24.3 Å². The van der Waals surface area contributed by atoms with Crippen LogP contribution in [0.1, 0.15) is 39.5 Å². The maximum absolute atomic E-state index is 11.8. The van der Waals surface area contributed by atoms with Gasteiger partial charge >= 0.3 is 11.9 Å². The van der Waals surface area contributed by atoms with Crippen LogP contribution in [0.4, 0.5) is 0 Å². The monoisotopic (exact) mass is 290 g/mol. The zero-order valence-electron chi connectivity index (χ0n) is 12.7. The number of hydrogen-bond donors (Lipinski definition) is 0. The highest BCUT2D eigenvalue weighted by Gasteiger charge is 2.44. The van der Waals surface area contributed by atoms with E-state index < -0.39 is 12.1 Å². The Bertz CT molecular complexity index is 515. The van der Waals surface area contributed by atoms with Crippen LogP contribution in [-0.4, -0.2) is 24.1 Å². The number of hydrogen-bond acceptors (Lipinski definition) is 4. The van der Waals surface area contributed by atoms with Crippen molar-refractivity contribution in [1.82, 2.24) is 0 Å². The summed E-state index contributed by atoms with van der Waals surface area (Å²) in [5.74, 6) is -1.10. The Balaban J connectivity index is 2.37. The van der Waals surface area contributed by atoms with Crippen LogP contribution in [-0.2, 0) is 19.1 Å². The summed E-state index contributed by atoms with van der Waals surface area (Å²) in [5, 5.41) is 0. The minimum Gasteiger partial charge on any atom is -0.458 e. The third-order valence-corrected chi connectivity index (χ3v) is 4.02. The van der Waals surface area contributed by atoms with Crippen molar-refractivity contribution >= 4 is 11.9 Å². The number of ether oxygens (including phenoxy) is 2. The van der Waals surface area contributed by atoms with Crippen LogP contribution in [0.25, 0.3) is 0 Å². The molecule has 3 atom stereocenters. The van der Waals surface area contributed by atoms with Gasteiger partial charge in [-0.3, -0.25) is 4.79 Å². The number of allylic oxidation sites excluding steroid dienone is 1. The van der Waals surface area contributed by atoms with Crippen molar-refractivity contribution in [2.45, 2.75) is 51.7 Å². The van der Waals surface area contributed by atoms with Crippen molar-refractivity contribution in [3.63, 3.8) is 0 Å². The van der Waals surface area contributed by atoms with Gasteiger partial charge in [-0.2, -0.15) is 0 Å². The van der Waals surface area contributed by atoms with E-state index in [1.54, 1.807) is 0 Å². The topological polar surface area (TPSA) is 52.6 Å². The molecule has 114 valence electrons. The van der Waals surface area contributed by atoms with Gasteiger partial charge in [0.1, 0.15) is 12.2 Å². The molecule has 4 heteroatoms. The molecule has 0 radical (unpaired) electrons. The van der Waals surface area contributed by atoms with Gasteiger partial charge in [0, 0.05) is 18.9 Å². The summed E-state index contributed by atoms with van der Waals surface area (Å²) in [7, 11) is 0. The number of esters is 2. The van der Waals surface area contributed by atoms with Crippen molar-refractivity contribution in [3.05, 3.63) is 36.0 Å². The molecule has 21 heavy (non-hydrogen) atoms. The molecule has 1 saturated heterocycles. The Morgan fingerprint density at radius 2 is 2.10 bits per heavy atom. The Hall–Kier alpha value is -1.84. The molecule has 0 saturated carbocycles. The van der Waals surface area contributed by atoms with Crippen molar-refractivity contribution in [3.8, 4) is 0 Å². The molecule has 1 heterocycles. The lowest BCUT2D eigenvalue weighted by atomic mass is 9.85. The molecule has 0 N–H and O–H groups in total. The number of rotatable bonds is 1. The minimum absolute atomic E-state index is 0.328. The summed E-state index contributed by atoms with van der Waals surface area (Å²) in [6.07, 6.45) is 4.52. The summed E-state index contributed by atoms with van der Waals surface area (Å²) >= 11 is 0. The smallest absolute Gasteiger partial charge is 0.334 e. The molecule has 0 bridgehead atoms. The summed E-state index contributed by atoms with van der Waals surface area (Å²) in [6.45, 7) is 11.3. The highest BCUT2D eigenvalue weighted by molar-refractivity contribution is 5.91. The molecule has 0 aromatic heterocycles. The van der Waals surface area contributed by atoms with Gasteiger partial charge in [-0.05, 0) is 32.3 Å². The molecule has 0 amide bonds. The summed E-state index contributed by atoms with van der Waals surface area (Å²) in [4.78, 5) is 23.2. The number of carbonyl (C=O) groups excluding carboxylic acids is 2. The number of fused-ring (bicyclic) bond motifs is 1. The van der Waals surface area contributed by atoms with Gasteiger partial charge in [0.15, 0.2) is 0 Å². The van der Waals surface area contributed by atoms with Crippen molar-refractivity contribution in [2.75, 3.05) is 0 Å². The highest BCUT2D eigenvalue weighted by atomic mass is 16.6. The molecule has 1 aliphatic heterocycles. The lowest BCUT2D eigenvalue weighted by molar-refractivity contribution is -0.147. The molecule has 0 unspecified atom stereocenters. The lowest BCUT2D eigenvalue weighted by Gasteiger charge is -2.26. The average molecular weight is 290 g/mol. The number of carbonyl (C=O) groups is 2. The molecular formula is C17H22O4. The van der Waals surface area contributed by atoms with Crippen LogP contribution in [0.5, 0.6) is 0 Å². The second-order valence-corrected chi connectivity index (χ2v) is 5.89. The first-order chi connectivity index (χ1) is 9.88. The zero-order valence-corrected chi connectivity index (χ0v) is 12.7. The standard InChI is InChI=1S/C17H22O4/c1-10-6-5-7-11(2)9-15-16(12(3)17(19)21-15)14(8-10)20-13(4)18/h8,14-16H,2-3,5-7,9H2,1,4H3/b10-8+/t14-,15+,16+/m1/s1. The van der Waals surface area contributed by atoms with Gasteiger partial charge in [-0.25, -0.2) is 4.79 Å². The van der Waals surface area contributed by atoms with E-state index in [0.29, 0.717) is 12.0 Å². The lowest BCUT2D eigenvalue weighted by Crippen LogP contribution is -2.32. The van der Waals surface area contributed by atoms with Crippen LogP contribution in [0.2, 0.25) is 0 Å². The molecule has 0 aromatic rings. The molecule has 1 aliphatic carbocycles. The normalized spacial score (nSPS) is 32.8. The fourth-order valence-corrected chi connectivity index (χ4v) is 3.00.